The summed E-state index contributed by atoms with van der Waals surface area (Å²) < 4.78 is 0. The molecule has 0 atom stereocenters. The van der Waals surface area contributed by atoms with Crippen LogP contribution in [-0.4, -0.2) is 41.8 Å². The average Bonchev–Trinajstić information content (AvgIpc) is 2.91. The van der Waals surface area contributed by atoms with E-state index in [0.717, 1.165) is 5.56 Å². The van der Waals surface area contributed by atoms with E-state index in [2.05, 4.69) is 0 Å². The first-order chi connectivity index (χ1) is 13.8. The third-order valence-electron chi connectivity index (χ3n) is 5.95. The van der Waals surface area contributed by atoms with E-state index in [-0.39, 0.29) is 11.8 Å². The van der Waals surface area contributed by atoms with Gasteiger partial charge in [-0.1, -0.05) is 46.9 Å². The van der Waals surface area contributed by atoms with Crippen LogP contribution in [0, 0.1) is 0 Å². The third-order valence-corrected chi connectivity index (χ3v) is 6.92. The Morgan fingerprint density at radius 1 is 1.00 bits per heavy atom. The highest BCUT2D eigenvalue weighted by Gasteiger charge is 2.50. The first-order valence-corrected chi connectivity index (χ1v) is 10.5. The predicted molar refractivity (Wildman–Crippen MR) is 117 cm³/mol. The molecule has 2 aliphatic heterocycles. The van der Waals surface area contributed by atoms with Crippen molar-refractivity contribution in [2.75, 3.05) is 20.1 Å². The van der Waals surface area contributed by atoms with E-state index in [4.69, 9.17) is 34.8 Å². The minimum atomic E-state index is -0.461. The molecule has 150 valence electrons. The van der Waals surface area contributed by atoms with E-state index < -0.39 is 5.54 Å². The predicted octanol–water partition coefficient (Wildman–Crippen LogP) is 5.26. The Bertz CT molecular complexity index is 1010. The quantitative estimate of drug-likeness (QED) is 0.587. The highest BCUT2D eigenvalue weighted by molar-refractivity contribution is 6.37. The molecule has 7 heteroatoms. The molecular formula is C22H19Cl3N2O2. The number of rotatable bonds is 2. The summed E-state index contributed by atoms with van der Waals surface area (Å²) in [7, 11) is 1.81. The van der Waals surface area contributed by atoms with Crippen molar-refractivity contribution in [3.05, 3.63) is 74.2 Å². The summed E-state index contributed by atoms with van der Waals surface area (Å²) in [6.07, 6.45) is 4.42. The van der Waals surface area contributed by atoms with Crippen molar-refractivity contribution in [2.24, 2.45) is 0 Å². The van der Waals surface area contributed by atoms with Crippen LogP contribution in [0.25, 0.3) is 6.08 Å². The van der Waals surface area contributed by atoms with Gasteiger partial charge in [-0.15, -0.1) is 0 Å². The lowest BCUT2D eigenvalue weighted by Gasteiger charge is -2.44. The molecular weight excluding hydrogens is 431 g/mol. The average molecular weight is 450 g/mol. The molecule has 2 aliphatic rings. The van der Waals surface area contributed by atoms with Gasteiger partial charge in [0.1, 0.15) is 0 Å². The van der Waals surface area contributed by atoms with Crippen LogP contribution in [-0.2, 0) is 10.3 Å². The Morgan fingerprint density at radius 2 is 1.59 bits per heavy atom. The number of likely N-dealkylation sites (tertiary alicyclic amines) is 1. The van der Waals surface area contributed by atoms with Gasteiger partial charge in [-0.05, 0) is 43.2 Å². The molecule has 4 rings (SSSR count). The van der Waals surface area contributed by atoms with Gasteiger partial charge in [-0.2, -0.15) is 0 Å². The number of benzene rings is 2. The molecule has 0 unspecified atom stereocenters. The molecule has 2 aromatic carbocycles. The van der Waals surface area contributed by atoms with Gasteiger partial charge in [0, 0.05) is 58.0 Å². The summed E-state index contributed by atoms with van der Waals surface area (Å²) in [5, 5.41) is 1.60. The summed E-state index contributed by atoms with van der Waals surface area (Å²) in [6, 6.07) is 10.7. The maximum absolute atomic E-state index is 12.7. The molecule has 0 radical (unpaired) electrons. The summed E-state index contributed by atoms with van der Waals surface area (Å²) in [4.78, 5) is 29.0. The van der Waals surface area contributed by atoms with Crippen molar-refractivity contribution < 1.29 is 9.59 Å². The summed E-state index contributed by atoms with van der Waals surface area (Å²) in [5.41, 5.74) is 1.71. The molecule has 2 heterocycles. The van der Waals surface area contributed by atoms with Gasteiger partial charge in [0.15, 0.2) is 0 Å². The largest absolute Gasteiger partial charge is 0.339 e. The number of halogens is 3. The lowest BCUT2D eigenvalue weighted by molar-refractivity contribution is -0.128. The second kappa shape index (κ2) is 7.67. The van der Waals surface area contributed by atoms with Crippen LogP contribution in [0.1, 0.15) is 34.3 Å². The minimum Gasteiger partial charge on any atom is -0.339 e. The molecule has 0 aromatic heterocycles. The van der Waals surface area contributed by atoms with E-state index >= 15 is 0 Å². The Balaban J connectivity index is 1.52. The molecule has 1 fully saturated rings. The van der Waals surface area contributed by atoms with E-state index in [1.807, 2.05) is 19.2 Å². The maximum atomic E-state index is 12.7. The van der Waals surface area contributed by atoms with E-state index in [0.29, 0.717) is 52.1 Å². The molecule has 0 aliphatic carbocycles. The van der Waals surface area contributed by atoms with Crippen LogP contribution in [0.2, 0.25) is 15.1 Å². The molecule has 4 nitrogen and oxygen atoms in total. The second-order valence-electron chi connectivity index (χ2n) is 7.35. The fourth-order valence-electron chi connectivity index (χ4n) is 4.33. The van der Waals surface area contributed by atoms with Crippen LogP contribution in [0.5, 0.6) is 0 Å². The SMILES string of the molecule is CN1C(=O)c2cccc(Cl)c2C12CCN(C(=O)C=Cc1c(Cl)cccc1Cl)CC2. The monoisotopic (exact) mass is 448 g/mol. The van der Waals surface area contributed by atoms with Gasteiger partial charge in [0.2, 0.25) is 5.91 Å². The summed E-state index contributed by atoms with van der Waals surface area (Å²) in [5.74, 6) is -0.127. The van der Waals surface area contributed by atoms with Gasteiger partial charge in [-0.25, -0.2) is 0 Å². The minimum absolute atomic E-state index is 0.0180. The number of amides is 2. The second-order valence-corrected chi connectivity index (χ2v) is 8.57. The van der Waals surface area contributed by atoms with Crippen LogP contribution in [0.3, 0.4) is 0 Å². The van der Waals surface area contributed by atoms with E-state index in [9.17, 15) is 9.59 Å². The fraction of sp³-hybridized carbons (Fsp3) is 0.273. The number of carbonyl (C=O) groups is 2. The lowest BCUT2D eigenvalue weighted by atomic mass is 9.81. The standard InChI is InChI=1S/C22H19Cl3N2O2/c1-26-21(29)15-4-2-7-18(25)20(15)22(26)10-12-27(13-11-22)19(28)9-8-14-16(23)5-3-6-17(14)24/h2-9H,10-13H2,1H3. The van der Waals surface area contributed by atoms with E-state index in [1.54, 1.807) is 40.1 Å². The van der Waals surface area contributed by atoms with Crippen LogP contribution in [0.4, 0.5) is 0 Å². The summed E-state index contributed by atoms with van der Waals surface area (Å²) >= 11 is 18.8. The molecule has 0 bridgehead atoms. The third kappa shape index (κ3) is 3.33. The van der Waals surface area contributed by atoms with Gasteiger partial charge in [0.05, 0.1) is 5.54 Å². The smallest absolute Gasteiger partial charge is 0.254 e. The highest BCUT2D eigenvalue weighted by Crippen LogP contribution is 2.48. The molecule has 2 aromatic rings. The van der Waals surface area contributed by atoms with Crippen molar-refractivity contribution in [3.63, 3.8) is 0 Å². The zero-order valence-electron chi connectivity index (χ0n) is 15.8. The first-order valence-electron chi connectivity index (χ1n) is 9.33. The van der Waals surface area contributed by atoms with Gasteiger partial charge in [-0.3, -0.25) is 9.59 Å². The molecule has 2 amide bonds. The number of carbonyl (C=O) groups excluding carboxylic acids is 2. The van der Waals surface area contributed by atoms with Gasteiger partial charge < -0.3 is 9.80 Å². The van der Waals surface area contributed by atoms with Gasteiger partial charge in [0.25, 0.3) is 5.91 Å². The molecule has 0 saturated carbocycles. The zero-order valence-corrected chi connectivity index (χ0v) is 18.1. The Labute approximate surface area is 184 Å². The van der Waals surface area contributed by atoms with Crippen molar-refractivity contribution >= 4 is 52.7 Å². The van der Waals surface area contributed by atoms with Crippen LogP contribution < -0.4 is 0 Å². The van der Waals surface area contributed by atoms with Crippen molar-refractivity contribution in [1.82, 2.24) is 9.80 Å². The lowest BCUT2D eigenvalue weighted by Crippen LogP contribution is -2.51. The maximum Gasteiger partial charge on any atom is 0.254 e. The van der Waals surface area contributed by atoms with Crippen LogP contribution >= 0.6 is 34.8 Å². The first kappa shape index (κ1) is 20.3. The summed E-state index contributed by atoms with van der Waals surface area (Å²) in [6.45, 7) is 1.06. The van der Waals surface area contributed by atoms with Crippen molar-refractivity contribution in [3.8, 4) is 0 Å². The number of piperidine rings is 1. The van der Waals surface area contributed by atoms with Gasteiger partial charge >= 0.3 is 0 Å². The fourth-order valence-corrected chi connectivity index (χ4v) is 5.20. The Kier molecular flexibility index (Phi) is 5.36. The molecule has 1 saturated heterocycles. The number of nitrogens with zero attached hydrogens (tertiary/aromatic N) is 2. The molecule has 29 heavy (non-hydrogen) atoms. The van der Waals surface area contributed by atoms with Crippen LogP contribution in [0.15, 0.2) is 42.5 Å². The number of fused-ring (bicyclic) bond motifs is 2. The Morgan fingerprint density at radius 3 is 2.24 bits per heavy atom. The molecule has 1 spiro atoms. The number of hydrogen-bond donors (Lipinski definition) is 0. The van der Waals surface area contributed by atoms with Crippen molar-refractivity contribution in [1.29, 1.82) is 0 Å². The highest BCUT2D eigenvalue weighted by atomic mass is 35.5. The van der Waals surface area contributed by atoms with E-state index in [1.165, 1.54) is 6.08 Å². The normalized spacial score (nSPS) is 18.0. The zero-order chi connectivity index (χ0) is 20.8. The molecule has 0 N–H and O–H groups in total. The number of hydrogen-bond acceptors (Lipinski definition) is 2. The van der Waals surface area contributed by atoms with Crippen molar-refractivity contribution in [2.45, 2.75) is 18.4 Å². The topological polar surface area (TPSA) is 40.6 Å². The Hall–Kier alpha value is -2.01.